The fourth-order valence-corrected chi connectivity index (χ4v) is 1.65. The Hall–Kier alpha value is -1.52. The standard InChI is InChI=1S/C10H17N3O2/c1-4-5-7(2)13-9(14)8(11)6-12(3)10(13)15/h6-7H,4-5,11H2,1-3H3. The number of hydrogen-bond acceptors (Lipinski definition) is 3. The molecule has 0 spiro atoms. The van der Waals surface area contributed by atoms with Gasteiger partial charge in [0, 0.05) is 19.3 Å². The van der Waals surface area contributed by atoms with Crippen LogP contribution in [0.15, 0.2) is 15.8 Å². The summed E-state index contributed by atoms with van der Waals surface area (Å²) in [6.45, 7) is 3.87. The highest BCUT2D eigenvalue weighted by atomic mass is 16.2. The maximum atomic E-state index is 11.7. The van der Waals surface area contributed by atoms with Crippen molar-refractivity contribution in [3.63, 3.8) is 0 Å². The molecule has 1 heterocycles. The van der Waals surface area contributed by atoms with Crippen molar-refractivity contribution in [2.24, 2.45) is 7.05 Å². The second-order valence-electron chi connectivity index (χ2n) is 3.79. The SMILES string of the molecule is CCCC(C)n1c(=O)c(N)cn(C)c1=O. The van der Waals surface area contributed by atoms with Crippen molar-refractivity contribution < 1.29 is 0 Å². The van der Waals surface area contributed by atoms with E-state index in [0.29, 0.717) is 0 Å². The van der Waals surface area contributed by atoms with Crippen molar-refractivity contribution >= 4 is 5.69 Å². The Bertz CT molecular complexity index is 424. The predicted molar refractivity (Wildman–Crippen MR) is 60.0 cm³/mol. The number of nitrogens with zero attached hydrogens (tertiary/aromatic N) is 2. The molecule has 0 radical (unpaired) electrons. The second-order valence-corrected chi connectivity index (χ2v) is 3.79. The molecule has 1 rings (SSSR count). The van der Waals surface area contributed by atoms with Gasteiger partial charge >= 0.3 is 5.69 Å². The zero-order valence-electron chi connectivity index (χ0n) is 9.36. The minimum atomic E-state index is -0.390. The minimum absolute atomic E-state index is 0.107. The van der Waals surface area contributed by atoms with Crippen molar-refractivity contribution in [3.05, 3.63) is 27.0 Å². The van der Waals surface area contributed by atoms with Gasteiger partial charge in [-0.15, -0.1) is 0 Å². The summed E-state index contributed by atoms with van der Waals surface area (Å²) in [5.41, 5.74) is 4.94. The fraction of sp³-hybridized carbons (Fsp3) is 0.600. The topological polar surface area (TPSA) is 70.0 Å². The summed E-state index contributed by atoms with van der Waals surface area (Å²) in [6, 6.07) is -0.107. The van der Waals surface area contributed by atoms with Gasteiger partial charge in [-0.3, -0.25) is 9.36 Å². The molecule has 1 unspecified atom stereocenters. The van der Waals surface area contributed by atoms with E-state index in [1.165, 1.54) is 15.3 Å². The van der Waals surface area contributed by atoms with Crippen LogP contribution in [0.1, 0.15) is 32.7 Å². The van der Waals surface area contributed by atoms with Gasteiger partial charge in [0.05, 0.1) is 0 Å². The summed E-state index contributed by atoms with van der Waals surface area (Å²) >= 11 is 0. The minimum Gasteiger partial charge on any atom is -0.393 e. The fourth-order valence-electron chi connectivity index (χ4n) is 1.65. The maximum Gasteiger partial charge on any atom is 0.331 e. The van der Waals surface area contributed by atoms with Crippen LogP contribution in [0.4, 0.5) is 5.69 Å². The van der Waals surface area contributed by atoms with Crippen molar-refractivity contribution in [2.75, 3.05) is 5.73 Å². The lowest BCUT2D eigenvalue weighted by atomic mass is 10.2. The first-order chi connectivity index (χ1) is 6.99. The van der Waals surface area contributed by atoms with Crippen LogP contribution in [0.5, 0.6) is 0 Å². The first kappa shape index (κ1) is 11.6. The summed E-state index contributed by atoms with van der Waals surface area (Å²) < 4.78 is 2.56. The molecule has 5 heteroatoms. The van der Waals surface area contributed by atoms with E-state index in [0.717, 1.165) is 12.8 Å². The van der Waals surface area contributed by atoms with Gasteiger partial charge in [0.15, 0.2) is 0 Å². The normalized spacial score (nSPS) is 12.7. The average molecular weight is 211 g/mol. The third-order valence-corrected chi connectivity index (χ3v) is 2.45. The van der Waals surface area contributed by atoms with Crippen LogP contribution in [0.25, 0.3) is 0 Å². The molecule has 0 aromatic carbocycles. The van der Waals surface area contributed by atoms with Crippen LogP contribution in [-0.2, 0) is 7.05 Å². The van der Waals surface area contributed by atoms with Crippen LogP contribution < -0.4 is 17.0 Å². The molecule has 2 N–H and O–H groups in total. The van der Waals surface area contributed by atoms with Crippen molar-refractivity contribution in [1.82, 2.24) is 9.13 Å². The maximum absolute atomic E-state index is 11.7. The van der Waals surface area contributed by atoms with Crippen LogP contribution in [0.3, 0.4) is 0 Å². The molecule has 0 saturated carbocycles. The van der Waals surface area contributed by atoms with Crippen LogP contribution in [-0.4, -0.2) is 9.13 Å². The van der Waals surface area contributed by atoms with Gasteiger partial charge < -0.3 is 10.3 Å². The number of aryl methyl sites for hydroxylation is 1. The Balaban J connectivity index is 3.40. The lowest BCUT2D eigenvalue weighted by Crippen LogP contribution is -2.41. The third kappa shape index (κ3) is 2.11. The summed E-state index contributed by atoms with van der Waals surface area (Å²) in [4.78, 5) is 23.4. The molecule has 1 atom stereocenters. The molecule has 0 amide bonds. The first-order valence-electron chi connectivity index (χ1n) is 5.06. The van der Waals surface area contributed by atoms with E-state index in [1.54, 1.807) is 7.05 Å². The smallest absolute Gasteiger partial charge is 0.331 e. The highest BCUT2D eigenvalue weighted by molar-refractivity contribution is 5.31. The van der Waals surface area contributed by atoms with E-state index in [9.17, 15) is 9.59 Å². The van der Waals surface area contributed by atoms with Gasteiger partial charge in [-0.05, 0) is 13.3 Å². The van der Waals surface area contributed by atoms with Gasteiger partial charge in [0.2, 0.25) is 0 Å². The summed E-state index contributed by atoms with van der Waals surface area (Å²) in [5, 5.41) is 0. The number of anilines is 1. The van der Waals surface area contributed by atoms with Gasteiger partial charge in [-0.2, -0.15) is 0 Å². The molecule has 1 aromatic rings. The molecular weight excluding hydrogens is 194 g/mol. The van der Waals surface area contributed by atoms with Crippen molar-refractivity contribution in [2.45, 2.75) is 32.7 Å². The van der Waals surface area contributed by atoms with Gasteiger partial charge in [-0.25, -0.2) is 4.79 Å². The van der Waals surface area contributed by atoms with Gasteiger partial charge in [0.1, 0.15) is 5.69 Å². The molecule has 1 aromatic heterocycles. The van der Waals surface area contributed by atoms with Crippen LogP contribution >= 0.6 is 0 Å². The van der Waals surface area contributed by atoms with Gasteiger partial charge in [0.25, 0.3) is 5.56 Å². The zero-order valence-corrected chi connectivity index (χ0v) is 9.36. The Morgan fingerprint density at radius 3 is 2.60 bits per heavy atom. The van der Waals surface area contributed by atoms with Crippen molar-refractivity contribution in [1.29, 1.82) is 0 Å². The number of nitrogens with two attached hydrogens (primary N) is 1. The molecule has 0 bridgehead atoms. The summed E-state index contributed by atoms with van der Waals surface area (Å²) in [6.07, 6.45) is 3.07. The van der Waals surface area contributed by atoms with E-state index >= 15 is 0 Å². The lowest BCUT2D eigenvalue weighted by molar-refractivity contribution is 0.454. The van der Waals surface area contributed by atoms with Gasteiger partial charge in [-0.1, -0.05) is 13.3 Å². The zero-order chi connectivity index (χ0) is 11.6. The van der Waals surface area contributed by atoms with E-state index in [1.807, 2.05) is 13.8 Å². The summed E-state index contributed by atoms with van der Waals surface area (Å²) in [7, 11) is 1.59. The molecule has 84 valence electrons. The Morgan fingerprint density at radius 1 is 1.47 bits per heavy atom. The molecule has 0 aliphatic heterocycles. The van der Waals surface area contributed by atoms with E-state index in [-0.39, 0.29) is 23.0 Å². The molecule has 0 aliphatic rings. The van der Waals surface area contributed by atoms with Crippen molar-refractivity contribution in [3.8, 4) is 0 Å². The number of nitrogen functional groups attached to an aromatic ring is 1. The first-order valence-corrected chi connectivity index (χ1v) is 5.06. The highest BCUT2D eigenvalue weighted by Crippen LogP contribution is 2.07. The Labute approximate surface area is 88.1 Å². The molecule has 15 heavy (non-hydrogen) atoms. The third-order valence-electron chi connectivity index (χ3n) is 2.45. The monoisotopic (exact) mass is 211 g/mol. The Morgan fingerprint density at radius 2 is 2.07 bits per heavy atom. The quantitative estimate of drug-likeness (QED) is 0.791. The molecule has 0 aliphatic carbocycles. The van der Waals surface area contributed by atoms with E-state index in [4.69, 9.17) is 5.73 Å². The Kier molecular flexibility index (Phi) is 3.34. The van der Waals surface area contributed by atoms with E-state index < -0.39 is 0 Å². The second kappa shape index (κ2) is 4.33. The number of rotatable bonds is 3. The lowest BCUT2D eigenvalue weighted by Gasteiger charge is -2.14. The van der Waals surface area contributed by atoms with Crippen LogP contribution in [0.2, 0.25) is 0 Å². The highest BCUT2D eigenvalue weighted by Gasteiger charge is 2.12. The van der Waals surface area contributed by atoms with Crippen LogP contribution in [0, 0.1) is 0 Å². The number of hydrogen-bond donors (Lipinski definition) is 1. The molecule has 0 saturated heterocycles. The molecule has 5 nitrogen and oxygen atoms in total. The average Bonchev–Trinajstić information content (AvgIpc) is 2.16. The largest absolute Gasteiger partial charge is 0.393 e. The van der Waals surface area contributed by atoms with E-state index in [2.05, 4.69) is 0 Å². The molecule has 0 fully saturated rings. The predicted octanol–water partition coefficient (Wildman–Crippen LogP) is 0.490. The molecular formula is C10H17N3O2. The number of aromatic nitrogens is 2. The summed E-state index contributed by atoms with van der Waals surface area (Å²) in [5.74, 6) is 0.